The van der Waals surface area contributed by atoms with Crippen LogP contribution in [0.3, 0.4) is 0 Å². The van der Waals surface area contributed by atoms with E-state index in [0.29, 0.717) is 30.6 Å². The van der Waals surface area contributed by atoms with Crippen molar-refractivity contribution in [3.63, 3.8) is 0 Å². The van der Waals surface area contributed by atoms with Crippen LogP contribution in [0.1, 0.15) is 79.1 Å². The lowest BCUT2D eigenvalue weighted by Gasteiger charge is -2.38. The summed E-state index contributed by atoms with van der Waals surface area (Å²) in [5, 5.41) is 12.4. The Kier molecular flexibility index (Phi) is 10.9. The van der Waals surface area contributed by atoms with E-state index in [0.717, 1.165) is 51.6 Å². The topological polar surface area (TPSA) is 69.6 Å². The second-order valence-corrected chi connectivity index (χ2v) is 8.29. The number of hydrogen-bond acceptors (Lipinski definition) is 3. The van der Waals surface area contributed by atoms with Gasteiger partial charge in [0.15, 0.2) is 0 Å². The van der Waals surface area contributed by atoms with E-state index in [9.17, 15) is 14.7 Å². The Morgan fingerprint density at radius 1 is 1.19 bits per heavy atom. The number of carbonyl (C=O) groups is 2. The molecule has 1 heterocycles. The monoisotopic (exact) mass is 368 g/mol. The summed E-state index contributed by atoms with van der Waals surface area (Å²) in [6.45, 7) is 10.0. The van der Waals surface area contributed by atoms with Crippen molar-refractivity contribution in [2.24, 2.45) is 17.8 Å². The summed E-state index contributed by atoms with van der Waals surface area (Å²) in [5.74, 6) is 1.48. The number of nitrogens with zero attached hydrogens (tertiary/aromatic N) is 1. The molecule has 1 aliphatic heterocycles. The number of aliphatic hydroxyl groups excluding tert-OH is 1. The van der Waals surface area contributed by atoms with Crippen LogP contribution in [0.15, 0.2) is 0 Å². The molecular weight excluding hydrogens is 328 g/mol. The summed E-state index contributed by atoms with van der Waals surface area (Å²) in [6, 6.07) is -0.150. The van der Waals surface area contributed by atoms with Crippen molar-refractivity contribution >= 4 is 11.8 Å². The number of carbonyl (C=O) groups excluding carboxylic acids is 2. The highest BCUT2D eigenvalue weighted by atomic mass is 16.3. The summed E-state index contributed by atoms with van der Waals surface area (Å²) in [6.07, 6.45) is 7.08. The Morgan fingerprint density at radius 3 is 2.50 bits per heavy atom. The van der Waals surface area contributed by atoms with Crippen LogP contribution in [0, 0.1) is 17.8 Å². The molecule has 5 nitrogen and oxygen atoms in total. The van der Waals surface area contributed by atoms with Crippen molar-refractivity contribution in [3.05, 3.63) is 0 Å². The Balaban J connectivity index is 2.48. The van der Waals surface area contributed by atoms with Gasteiger partial charge >= 0.3 is 0 Å². The molecule has 0 aliphatic carbocycles. The number of likely N-dealkylation sites (tertiary alicyclic amines) is 1. The normalized spacial score (nSPS) is 21.7. The molecule has 0 aromatic heterocycles. The molecule has 26 heavy (non-hydrogen) atoms. The molecule has 1 aliphatic rings. The maximum Gasteiger partial charge on any atom is 0.222 e. The molecule has 1 rings (SSSR count). The van der Waals surface area contributed by atoms with Crippen LogP contribution in [0.5, 0.6) is 0 Å². The molecular formula is C21H40N2O3. The molecule has 0 unspecified atom stereocenters. The van der Waals surface area contributed by atoms with Crippen molar-refractivity contribution in [1.82, 2.24) is 10.2 Å². The zero-order valence-corrected chi connectivity index (χ0v) is 17.3. The fourth-order valence-electron chi connectivity index (χ4n) is 4.00. The summed E-state index contributed by atoms with van der Waals surface area (Å²) in [4.78, 5) is 26.8. The number of unbranched alkanes of at least 4 members (excludes halogenated alkanes) is 2. The molecule has 3 atom stereocenters. The fraction of sp³-hybridized carbons (Fsp3) is 0.905. The van der Waals surface area contributed by atoms with Gasteiger partial charge in [0.05, 0.1) is 12.6 Å². The summed E-state index contributed by atoms with van der Waals surface area (Å²) >= 11 is 0. The van der Waals surface area contributed by atoms with Crippen LogP contribution in [0.2, 0.25) is 0 Å². The molecule has 1 saturated heterocycles. The number of amides is 2. The second-order valence-electron chi connectivity index (χ2n) is 8.29. The van der Waals surface area contributed by atoms with E-state index in [1.165, 1.54) is 0 Å². The average Bonchev–Trinajstić information content (AvgIpc) is 2.61. The molecule has 0 aromatic carbocycles. The molecule has 2 amide bonds. The van der Waals surface area contributed by atoms with Gasteiger partial charge in [0.25, 0.3) is 0 Å². The molecule has 0 aromatic rings. The quantitative estimate of drug-likeness (QED) is 0.550. The van der Waals surface area contributed by atoms with E-state index in [4.69, 9.17) is 0 Å². The predicted molar refractivity (Wildman–Crippen MR) is 106 cm³/mol. The first-order valence-corrected chi connectivity index (χ1v) is 10.6. The largest absolute Gasteiger partial charge is 0.394 e. The van der Waals surface area contributed by atoms with Crippen LogP contribution in [-0.4, -0.2) is 47.6 Å². The highest BCUT2D eigenvalue weighted by molar-refractivity contribution is 5.77. The smallest absolute Gasteiger partial charge is 0.222 e. The lowest BCUT2D eigenvalue weighted by molar-refractivity contribution is -0.134. The number of hydrogen-bond donors (Lipinski definition) is 2. The van der Waals surface area contributed by atoms with Crippen LogP contribution in [-0.2, 0) is 9.59 Å². The maximum absolute atomic E-state index is 12.4. The van der Waals surface area contributed by atoms with Gasteiger partial charge in [-0.3, -0.25) is 9.59 Å². The summed E-state index contributed by atoms with van der Waals surface area (Å²) in [7, 11) is 0. The van der Waals surface area contributed by atoms with Gasteiger partial charge in [0.2, 0.25) is 11.8 Å². The Labute approximate surface area is 159 Å². The molecule has 0 spiro atoms. The average molecular weight is 369 g/mol. The zero-order chi connectivity index (χ0) is 19.5. The van der Waals surface area contributed by atoms with Crippen LogP contribution >= 0.6 is 0 Å². The first-order valence-electron chi connectivity index (χ1n) is 10.6. The van der Waals surface area contributed by atoms with Crippen LogP contribution in [0.4, 0.5) is 0 Å². The number of rotatable bonds is 11. The molecule has 0 bridgehead atoms. The molecule has 0 radical (unpaired) electrons. The van der Waals surface area contributed by atoms with E-state index < -0.39 is 0 Å². The standard InChI is InChI=1S/C21H40N2O3/c1-5-7-8-9-21(26)23-11-10-18(17(6-2)14-23)13-20(25)22-19(15-24)12-16(3)4/h16-19,24H,5-15H2,1-4H3,(H,22,25)/t17-,18-,19+/m0/s1. The highest BCUT2D eigenvalue weighted by Crippen LogP contribution is 2.29. The Hall–Kier alpha value is -1.10. The Morgan fingerprint density at radius 2 is 1.92 bits per heavy atom. The number of aliphatic hydroxyl groups is 1. The van der Waals surface area contributed by atoms with Gasteiger partial charge in [0.1, 0.15) is 0 Å². The fourth-order valence-corrected chi connectivity index (χ4v) is 4.00. The lowest BCUT2D eigenvalue weighted by Crippen LogP contribution is -2.46. The molecule has 1 fully saturated rings. The van der Waals surface area contributed by atoms with Crippen LogP contribution < -0.4 is 5.32 Å². The first kappa shape index (κ1) is 22.9. The SMILES string of the molecule is CCCCCC(=O)N1CC[C@@H](CC(=O)N[C@@H](CO)CC(C)C)[C@@H](CC)C1. The minimum absolute atomic E-state index is 0.00810. The summed E-state index contributed by atoms with van der Waals surface area (Å²) < 4.78 is 0. The predicted octanol–water partition coefficient (Wildman–Crippen LogP) is 3.35. The minimum Gasteiger partial charge on any atom is -0.394 e. The molecule has 152 valence electrons. The van der Waals surface area contributed by atoms with Gasteiger partial charge in [0, 0.05) is 25.9 Å². The van der Waals surface area contributed by atoms with Crippen LogP contribution in [0.25, 0.3) is 0 Å². The van der Waals surface area contributed by atoms with Crippen molar-refractivity contribution in [2.75, 3.05) is 19.7 Å². The van der Waals surface area contributed by atoms with Crippen molar-refractivity contribution in [3.8, 4) is 0 Å². The van der Waals surface area contributed by atoms with E-state index in [2.05, 4.69) is 33.0 Å². The Bertz CT molecular complexity index is 425. The van der Waals surface area contributed by atoms with Crippen molar-refractivity contribution in [1.29, 1.82) is 0 Å². The van der Waals surface area contributed by atoms with E-state index in [1.54, 1.807) is 0 Å². The maximum atomic E-state index is 12.4. The van der Waals surface area contributed by atoms with Gasteiger partial charge in [-0.25, -0.2) is 0 Å². The van der Waals surface area contributed by atoms with Gasteiger partial charge in [-0.15, -0.1) is 0 Å². The van der Waals surface area contributed by atoms with Gasteiger partial charge in [-0.05, 0) is 37.0 Å². The molecule has 2 N–H and O–H groups in total. The van der Waals surface area contributed by atoms with Gasteiger partial charge in [-0.2, -0.15) is 0 Å². The minimum atomic E-state index is -0.150. The third-order valence-corrected chi connectivity index (χ3v) is 5.55. The van der Waals surface area contributed by atoms with Gasteiger partial charge in [-0.1, -0.05) is 47.0 Å². The summed E-state index contributed by atoms with van der Waals surface area (Å²) in [5.41, 5.74) is 0. The number of nitrogens with one attached hydrogen (secondary N) is 1. The third-order valence-electron chi connectivity index (χ3n) is 5.55. The number of piperidine rings is 1. The molecule has 5 heteroatoms. The molecule has 0 saturated carbocycles. The highest BCUT2D eigenvalue weighted by Gasteiger charge is 2.31. The second kappa shape index (κ2) is 12.3. The van der Waals surface area contributed by atoms with E-state index in [1.807, 2.05) is 4.90 Å². The van der Waals surface area contributed by atoms with Crippen molar-refractivity contribution < 1.29 is 14.7 Å². The van der Waals surface area contributed by atoms with E-state index >= 15 is 0 Å². The third kappa shape index (κ3) is 8.07. The van der Waals surface area contributed by atoms with E-state index in [-0.39, 0.29) is 24.5 Å². The lowest BCUT2D eigenvalue weighted by atomic mass is 9.81. The first-order chi connectivity index (χ1) is 12.4. The van der Waals surface area contributed by atoms with Gasteiger partial charge < -0.3 is 15.3 Å². The van der Waals surface area contributed by atoms with Crippen molar-refractivity contribution in [2.45, 2.75) is 85.1 Å². The zero-order valence-electron chi connectivity index (χ0n) is 17.3.